The Morgan fingerprint density at radius 2 is 2.10 bits per heavy atom. The molecular formula is C7H11NO2. The quantitative estimate of drug-likeness (QED) is 0.565. The molecule has 3 heteroatoms. The lowest BCUT2D eigenvalue weighted by Gasteiger charge is -2.36. The molecule has 3 nitrogen and oxygen atoms in total. The highest BCUT2D eigenvalue weighted by Crippen LogP contribution is 2.33. The molecule has 0 bridgehead atoms. The molecule has 2 saturated heterocycles. The van der Waals surface area contributed by atoms with Gasteiger partial charge in [-0.05, 0) is 25.9 Å². The number of nitrogens with zero attached hydrogens (tertiary/aromatic N) is 1. The van der Waals surface area contributed by atoms with Crippen molar-refractivity contribution in [1.29, 1.82) is 0 Å². The average molecular weight is 141 g/mol. The maximum Gasteiger partial charge on any atom is 0.308 e. The molecule has 2 atom stereocenters. The van der Waals surface area contributed by atoms with Gasteiger partial charge in [0.25, 0.3) is 0 Å². The van der Waals surface area contributed by atoms with Crippen LogP contribution >= 0.6 is 0 Å². The summed E-state index contributed by atoms with van der Waals surface area (Å²) in [6.07, 6.45) is 1.96. The van der Waals surface area contributed by atoms with Gasteiger partial charge in [-0.3, -0.25) is 9.69 Å². The normalized spacial score (nSPS) is 38.8. The Balaban J connectivity index is 2.05. The first-order chi connectivity index (χ1) is 4.79. The molecule has 0 spiro atoms. The van der Waals surface area contributed by atoms with Gasteiger partial charge < -0.3 is 5.11 Å². The smallest absolute Gasteiger partial charge is 0.308 e. The van der Waals surface area contributed by atoms with Crippen LogP contribution in [0.3, 0.4) is 0 Å². The fourth-order valence-electron chi connectivity index (χ4n) is 1.98. The van der Waals surface area contributed by atoms with Crippen molar-refractivity contribution in [2.75, 3.05) is 13.1 Å². The maximum atomic E-state index is 10.6. The van der Waals surface area contributed by atoms with Crippen LogP contribution in [0.2, 0.25) is 0 Å². The third kappa shape index (κ3) is 0.669. The van der Waals surface area contributed by atoms with E-state index in [4.69, 9.17) is 5.11 Å². The molecular weight excluding hydrogens is 130 g/mol. The topological polar surface area (TPSA) is 40.5 Å². The minimum Gasteiger partial charge on any atom is -0.481 e. The summed E-state index contributed by atoms with van der Waals surface area (Å²) < 4.78 is 0. The number of rotatable bonds is 1. The number of carboxylic acids is 1. The van der Waals surface area contributed by atoms with Crippen LogP contribution in [-0.2, 0) is 4.79 Å². The summed E-state index contributed by atoms with van der Waals surface area (Å²) in [5.74, 6) is -0.666. The maximum absolute atomic E-state index is 10.6. The molecule has 56 valence electrons. The predicted octanol–water partition coefficient (Wildman–Crippen LogP) is 0.165. The van der Waals surface area contributed by atoms with Gasteiger partial charge in [0.05, 0.1) is 5.92 Å². The van der Waals surface area contributed by atoms with Gasteiger partial charge >= 0.3 is 5.97 Å². The first-order valence-electron chi connectivity index (χ1n) is 3.76. The molecule has 2 aliphatic rings. The van der Waals surface area contributed by atoms with Crippen molar-refractivity contribution in [3.8, 4) is 0 Å². The van der Waals surface area contributed by atoms with Gasteiger partial charge in [0.15, 0.2) is 0 Å². The molecule has 0 saturated carbocycles. The van der Waals surface area contributed by atoms with Crippen LogP contribution in [0.4, 0.5) is 0 Å². The van der Waals surface area contributed by atoms with E-state index < -0.39 is 5.97 Å². The molecule has 0 aromatic rings. The standard InChI is InChI=1S/C7H11NO2/c9-7(10)5-1-3-8-4-2-6(5)8/h5-6H,1-4H2,(H,9,10)/t5?,6-/m1/s1. The lowest BCUT2D eigenvalue weighted by Crippen LogP contribution is -2.46. The molecule has 0 aliphatic carbocycles. The molecule has 1 N–H and O–H groups in total. The van der Waals surface area contributed by atoms with Gasteiger partial charge in [-0.2, -0.15) is 0 Å². The SMILES string of the molecule is O=C(O)C1CCN2CC[C@H]12. The van der Waals surface area contributed by atoms with Gasteiger partial charge in [0.1, 0.15) is 0 Å². The van der Waals surface area contributed by atoms with Crippen LogP contribution in [0.5, 0.6) is 0 Å². The Bertz CT molecular complexity index is 169. The summed E-state index contributed by atoms with van der Waals surface area (Å²) in [7, 11) is 0. The molecule has 1 unspecified atom stereocenters. The van der Waals surface area contributed by atoms with Crippen LogP contribution < -0.4 is 0 Å². The van der Waals surface area contributed by atoms with Crippen LogP contribution in [0.25, 0.3) is 0 Å². The summed E-state index contributed by atoms with van der Waals surface area (Å²) in [6, 6.07) is 0.387. The number of carbonyl (C=O) groups is 1. The van der Waals surface area contributed by atoms with E-state index in [1.807, 2.05) is 0 Å². The van der Waals surface area contributed by atoms with Crippen molar-refractivity contribution < 1.29 is 9.90 Å². The zero-order valence-corrected chi connectivity index (χ0v) is 5.79. The first kappa shape index (κ1) is 6.16. The van der Waals surface area contributed by atoms with Crippen LogP contribution in [0.1, 0.15) is 12.8 Å². The highest BCUT2D eigenvalue weighted by Gasteiger charge is 2.43. The summed E-state index contributed by atoms with van der Waals surface area (Å²) >= 11 is 0. The van der Waals surface area contributed by atoms with E-state index in [1.165, 1.54) is 0 Å². The predicted molar refractivity (Wildman–Crippen MR) is 35.7 cm³/mol. The van der Waals surface area contributed by atoms with Gasteiger partial charge in [-0.15, -0.1) is 0 Å². The largest absolute Gasteiger partial charge is 0.481 e. The lowest BCUT2D eigenvalue weighted by molar-refractivity contribution is -0.143. The Labute approximate surface area is 59.6 Å². The Morgan fingerprint density at radius 1 is 1.40 bits per heavy atom. The second-order valence-electron chi connectivity index (χ2n) is 3.13. The van der Waals surface area contributed by atoms with E-state index in [1.54, 1.807) is 0 Å². The number of carboxylic acid groups (broad SMARTS) is 1. The van der Waals surface area contributed by atoms with Gasteiger partial charge in [0, 0.05) is 6.04 Å². The molecule has 2 fully saturated rings. The molecule has 2 aliphatic heterocycles. The van der Waals surface area contributed by atoms with E-state index >= 15 is 0 Å². The Hall–Kier alpha value is -0.570. The summed E-state index contributed by atoms with van der Waals surface area (Å²) in [5.41, 5.74) is 0. The second kappa shape index (κ2) is 1.95. The molecule has 0 amide bonds. The van der Waals surface area contributed by atoms with Crippen molar-refractivity contribution >= 4 is 5.97 Å². The molecule has 0 aromatic heterocycles. The van der Waals surface area contributed by atoms with Crippen LogP contribution in [-0.4, -0.2) is 35.1 Å². The second-order valence-corrected chi connectivity index (χ2v) is 3.13. The van der Waals surface area contributed by atoms with Crippen LogP contribution in [0.15, 0.2) is 0 Å². The molecule has 2 heterocycles. The fourth-order valence-corrected chi connectivity index (χ4v) is 1.98. The highest BCUT2D eigenvalue weighted by atomic mass is 16.4. The molecule has 0 radical (unpaired) electrons. The minimum absolute atomic E-state index is 0.0613. The van der Waals surface area contributed by atoms with Gasteiger partial charge in [0.2, 0.25) is 0 Å². The van der Waals surface area contributed by atoms with E-state index in [2.05, 4.69) is 4.90 Å². The van der Waals surface area contributed by atoms with Crippen molar-refractivity contribution in [1.82, 2.24) is 4.90 Å². The fraction of sp³-hybridized carbons (Fsp3) is 0.857. The third-order valence-corrected chi connectivity index (χ3v) is 2.69. The molecule has 0 aromatic carbocycles. The number of hydrogen-bond donors (Lipinski definition) is 1. The number of fused-ring (bicyclic) bond motifs is 1. The van der Waals surface area contributed by atoms with Crippen molar-refractivity contribution in [3.63, 3.8) is 0 Å². The highest BCUT2D eigenvalue weighted by molar-refractivity contribution is 5.71. The lowest BCUT2D eigenvalue weighted by atomic mass is 9.93. The van der Waals surface area contributed by atoms with Crippen molar-refractivity contribution in [2.45, 2.75) is 18.9 Å². The first-order valence-corrected chi connectivity index (χ1v) is 3.76. The number of aliphatic carboxylic acids is 1. The number of hydrogen-bond acceptors (Lipinski definition) is 2. The summed E-state index contributed by atoms with van der Waals surface area (Å²) in [5, 5.41) is 8.71. The summed E-state index contributed by atoms with van der Waals surface area (Å²) in [4.78, 5) is 12.8. The van der Waals surface area contributed by atoms with E-state index in [0.29, 0.717) is 6.04 Å². The zero-order chi connectivity index (χ0) is 7.14. The zero-order valence-electron chi connectivity index (χ0n) is 5.79. The molecule has 2 rings (SSSR count). The van der Waals surface area contributed by atoms with Crippen molar-refractivity contribution in [3.05, 3.63) is 0 Å². The van der Waals surface area contributed by atoms with E-state index in [9.17, 15) is 4.79 Å². The van der Waals surface area contributed by atoms with Gasteiger partial charge in [-0.1, -0.05) is 0 Å². The average Bonchev–Trinajstić information content (AvgIpc) is 2.07. The van der Waals surface area contributed by atoms with Crippen LogP contribution in [0, 0.1) is 5.92 Å². The van der Waals surface area contributed by atoms with Crippen molar-refractivity contribution in [2.24, 2.45) is 5.92 Å². The summed E-state index contributed by atoms with van der Waals surface area (Å²) in [6.45, 7) is 2.12. The van der Waals surface area contributed by atoms with E-state index in [-0.39, 0.29) is 5.92 Å². The monoisotopic (exact) mass is 141 g/mol. The third-order valence-electron chi connectivity index (χ3n) is 2.69. The Kier molecular flexibility index (Phi) is 1.20. The minimum atomic E-state index is -0.604. The van der Waals surface area contributed by atoms with Gasteiger partial charge in [-0.25, -0.2) is 0 Å². The van der Waals surface area contributed by atoms with E-state index in [0.717, 1.165) is 25.9 Å². The Morgan fingerprint density at radius 3 is 2.40 bits per heavy atom. The molecule has 10 heavy (non-hydrogen) atoms.